The van der Waals surface area contributed by atoms with Gasteiger partial charge in [-0.25, -0.2) is 9.59 Å². The summed E-state index contributed by atoms with van der Waals surface area (Å²) in [5, 5.41) is 12.9. The minimum absolute atomic E-state index is 0.0536. The molecule has 1 saturated heterocycles. The molecule has 116 valence electrons. The van der Waals surface area contributed by atoms with Gasteiger partial charge in [0.05, 0.1) is 6.04 Å². The number of azide groups is 1. The highest BCUT2D eigenvalue weighted by Crippen LogP contribution is 2.33. The first-order valence-corrected chi connectivity index (χ1v) is 6.76. The van der Waals surface area contributed by atoms with E-state index in [0.29, 0.717) is 0 Å². The summed E-state index contributed by atoms with van der Waals surface area (Å²) in [5.41, 5.74) is 7.76. The Kier molecular flexibility index (Phi) is 4.53. The van der Waals surface area contributed by atoms with E-state index in [2.05, 4.69) is 10.0 Å². The van der Waals surface area contributed by atoms with Crippen molar-refractivity contribution in [3.8, 4) is 0 Å². The van der Waals surface area contributed by atoms with E-state index in [0.717, 1.165) is 10.5 Å². The second-order valence-electron chi connectivity index (χ2n) is 5.15. The quantitative estimate of drug-likeness (QED) is 0.522. The molecule has 8 heteroatoms. The summed E-state index contributed by atoms with van der Waals surface area (Å²) in [6.45, 7) is 1.59. The summed E-state index contributed by atoms with van der Waals surface area (Å²) >= 11 is 0. The Morgan fingerprint density at radius 2 is 2.18 bits per heavy atom. The van der Waals surface area contributed by atoms with Crippen LogP contribution < -0.4 is 0 Å². The van der Waals surface area contributed by atoms with Crippen molar-refractivity contribution < 1.29 is 19.4 Å². The van der Waals surface area contributed by atoms with Crippen molar-refractivity contribution in [1.29, 1.82) is 0 Å². The molecule has 2 atom stereocenters. The zero-order valence-electron chi connectivity index (χ0n) is 12.0. The maximum absolute atomic E-state index is 12.2. The number of carbonyl (C=O) groups is 2. The fourth-order valence-corrected chi connectivity index (χ4v) is 2.51. The van der Waals surface area contributed by atoms with Crippen LogP contribution in [0.1, 0.15) is 18.9 Å². The van der Waals surface area contributed by atoms with Crippen LogP contribution in [-0.2, 0) is 16.1 Å². The molecule has 2 rings (SSSR count). The molecule has 0 aromatic heterocycles. The third kappa shape index (κ3) is 2.82. The number of hydrogen-bond donors (Lipinski definition) is 1. The SMILES string of the molecule is C[C@@]1(C(=O)O)[C@H](N=[N+]=[N-])CCN1C(=O)OCc1ccccc1. The van der Waals surface area contributed by atoms with E-state index in [-0.39, 0.29) is 19.6 Å². The molecule has 0 aliphatic carbocycles. The first-order valence-electron chi connectivity index (χ1n) is 6.76. The topological polar surface area (TPSA) is 116 Å². The summed E-state index contributed by atoms with van der Waals surface area (Å²) in [6.07, 6.45) is -0.447. The Morgan fingerprint density at radius 3 is 2.77 bits per heavy atom. The molecule has 1 aromatic rings. The van der Waals surface area contributed by atoms with E-state index in [1.165, 1.54) is 6.92 Å². The van der Waals surface area contributed by atoms with Gasteiger partial charge in [-0.1, -0.05) is 35.4 Å². The maximum atomic E-state index is 12.2. The molecule has 1 aliphatic rings. The number of ether oxygens (including phenoxy) is 1. The lowest BCUT2D eigenvalue weighted by Crippen LogP contribution is -2.55. The van der Waals surface area contributed by atoms with Crippen LogP contribution in [0.2, 0.25) is 0 Å². The molecule has 8 nitrogen and oxygen atoms in total. The Hall–Kier alpha value is -2.73. The normalized spacial score (nSPS) is 23.7. The van der Waals surface area contributed by atoms with Gasteiger partial charge in [-0.15, -0.1) is 0 Å². The zero-order valence-corrected chi connectivity index (χ0v) is 12.0. The van der Waals surface area contributed by atoms with Gasteiger partial charge in [0.2, 0.25) is 0 Å². The number of nitrogens with zero attached hydrogens (tertiary/aromatic N) is 4. The fraction of sp³-hybridized carbons (Fsp3) is 0.429. The molecule has 0 saturated carbocycles. The highest BCUT2D eigenvalue weighted by atomic mass is 16.6. The second-order valence-corrected chi connectivity index (χ2v) is 5.15. The van der Waals surface area contributed by atoms with Crippen molar-refractivity contribution in [3.05, 3.63) is 46.3 Å². The van der Waals surface area contributed by atoms with Crippen LogP contribution in [0.5, 0.6) is 0 Å². The number of amides is 1. The number of likely N-dealkylation sites (tertiary alicyclic amines) is 1. The maximum Gasteiger partial charge on any atom is 0.411 e. The highest BCUT2D eigenvalue weighted by molar-refractivity contribution is 5.85. The molecule has 1 aromatic carbocycles. The zero-order chi connectivity index (χ0) is 16.2. The van der Waals surface area contributed by atoms with Gasteiger partial charge in [0, 0.05) is 11.5 Å². The van der Waals surface area contributed by atoms with E-state index in [1.807, 2.05) is 18.2 Å². The number of carbonyl (C=O) groups excluding carboxylic acids is 1. The summed E-state index contributed by atoms with van der Waals surface area (Å²) in [5.74, 6) is -1.22. The number of rotatable bonds is 4. The number of benzene rings is 1. The van der Waals surface area contributed by atoms with Gasteiger partial charge >= 0.3 is 12.1 Å². The van der Waals surface area contributed by atoms with Crippen molar-refractivity contribution in [2.75, 3.05) is 6.54 Å². The lowest BCUT2D eigenvalue weighted by atomic mass is 9.94. The number of aliphatic carboxylic acids is 1. The molecule has 0 bridgehead atoms. The van der Waals surface area contributed by atoms with Gasteiger partial charge in [-0.2, -0.15) is 0 Å². The smallest absolute Gasteiger partial charge is 0.411 e. The van der Waals surface area contributed by atoms with Crippen LogP contribution in [0, 0.1) is 0 Å². The van der Waals surface area contributed by atoms with Crippen LogP contribution in [0.4, 0.5) is 4.79 Å². The van der Waals surface area contributed by atoms with Gasteiger partial charge in [0.25, 0.3) is 0 Å². The van der Waals surface area contributed by atoms with Crippen LogP contribution in [-0.4, -0.2) is 40.2 Å². The first-order chi connectivity index (χ1) is 10.5. The molecule has 1 aliphatic heterocycles. The van der Waals surface area contributed by atoms with Crippen LogP contribution >= 0.6 is 0 Å². The lowest BCUT2D eigenvalue weighted by molar-refractivity contribution is -0.148. The van der Waals surface area contributed by atoms with Crippen LogP contribution in [0.3, 0.4) is 0 Å². The van der Waals surface area contributed by atoms with Gasteiger partial charge < -0.3 is 9.84 Å². The van der Waals surface area contributed by atoms with Gasteiger partial charge in [-0.05, 0) is 24.4 Å². The van der Waals surface area contributed by atoms with Crippen LogP contribution in [0.15, 0.2) is 35.4 Å². The van der Waals surface area contributed by atoms with Crippen molar-refractivity contribution in [3.63, 3.8) is 0 Å². The molecule has 1 heterocycles. The van der Waals surface area contributed by atoms with Gasteiger partial charge in [0.1, 0.15) is 12.1 Å². The molecule has 0 spiro atoms. The van der Waals surface area contributed by atoms with E-state index in [4.69, 9.17) is 10.3 Å². The minimum Gasteiger partial charge on any atom is -0.479 e. The van der Waals surface area contributed by atoms with Gasteiger partial charge in [0.15, 0.2) is 0 Å². The summed E-state index contributed by atoms with van der Waals surface area (Å²) in [6, 6.07) is 8.26. The highest BCUT2D eigenvalue weighted by Gasteiger charge is 2.53. The predicted molar refractivity (Wildman–Crippen MR) is 76.9 cm³/mol. The molecule has 1 fully saturated rings. The summed E-state index contributed by atoms with van der Waals surface area (Å²) < 4.78 is 5.17. The molecule has 0 radical (unpaired) electrons. The van der Waals surface area contributed by atoms with Crippen molar-refractivity contribution in [2.24, 2.45) is 5.11 Å². The second kappa shape index (κ2) is 6.36. The monoisotopic (exact) mass is 304 g/mol. The van der Waals surface area contributed by atoms with Crippen molar-refractivity contribution in [1.82, 2.24) is 4.90 Å². The number of carboxylic acids is 1. The van der Waals surface area contributed by atoms with Crippen molar-refractivity contribution in [2.45, 2.75) is 31.5 Å². The third-order valence-corrected chi connectivity index (χ3v) is 3.89. The largest absolute Gasteiger partial charge is 0.479 e. The van der Waals surface area contributed by atoms with E-state index < -0.39 is 23.6 Å². The molecule has 0 unspecified atom stereocenters. The first kappa shape index (κ1) is 15.7. The predicted octanol–water partition coefficient (Wildman–Crippen LogP) is 2.55. The van der Waals surface area contributed by atoms with Crippen LogP contribution in [0.25, 0.3) is 10.4 Å². The minimum atomic E-state index is -1.60. The summed E-state index contributed by atoms with van der Waals surface area (Å²) in [4.78, 5) is 27.5. The number of carboxylic acid groups (broad SMARTS) is 1. The van der Waals surface area contributed by atoms with E-state index in [1.54, 1.807) is 12.1 Å². The number of hydrogen-bond acceptors (Lipinski definition) is 4. The third-order valence-electron chi connectivity index (χ3n) is 3.89. The molecular weight excluding hydrogens is 288 g/mol. The van der Waals surface area contributed by atoms with E-state index in [9.17, 15) is 14.7 Å². The van der Waals surface area contributed by atoms with Crippen molar-refractivity contribution >= 4 is 12.1 Å². The average molecular weight is 304 g/mol. The Balaban J connectivity index is 2.11. The average Bonchev–Trinajstić information content (AvgIpc) is 2.85. The van der Waals surface area contributed by atoms with E-state index >= 15 is 0 Å². The lowest BCUT2D eigenvalue weighted by Gasteiger charge is -2.32. The van der Waals surface area contributed by atoms with Gasteiger partial charge in [-0.3, -0.25) is 4.90 Å². The Bertz CT molecular complexity index is 615. The molecule has 1 N–H and O–H groups in total. The molecule has 1 amide bonds. The molecular formula is C14H16N4O4. The standard InChI is InChI=1S/C14H16N4O4/c1-14(12(19)20)11(16-17-15)7-8-18(14)13(21)22-9-10-5-3-2-4-6-10/h2-6,11H,7-9H2,1H3,(H,19,20)/t11-,14+/m1/s1. The summed E-state index contributed by atoms with van der Waals surface area (Å²) in [7, 11) is 0. The Labute approximate surface area is 126 Å². The molecule has 22 heavy (non-hydrogen) atoms. The fourth-order valence-electron chi connectivity index (χ4n) is 2.51. The Morgan fingerprint density at radius 1 is 1.50 bits per heavy atom.